The molecule has 2 aromatic rings. The summed E-state index contributed by atoms with van der Waals surface area (Å²) in [4.78, 5) is 4.39. The minimum absolute atomic E-state index is 0.317. The highest BCUT2D eigenvalue weighted by Crippen LogP contribution is 2.26. The second-order valence-electron chi connectivity index (χ2n) is 3.63. The van der Waals surface area contributed by atoms with Crippen LogP contribution in [0.4, 0.5) is 4.39 Å². The summed E-state index contributed by atoms with van der Waals surface area (Å²) in [6, 6.07) is 4.36. The number of hydrogen-bond donors (Lipinski definition) is 1. The topological polar surface area (TPSA) is 34.2 Å². The normalized spacial score (nSPS) is 10.6. The molecule has 6 heteroatoms. The molecule has 0 saturated carbocycles. The SMILES string of the molecule is CNCc1nc(COc2cc(F)ccc2Br)cs1. The number of halogens is 2. The van der Waals surface area contributed by atoms with Crippen molar-refractivity contribution in [2.45, 2.75) is 13.2 Å². The van der Waals surface area contributed by atoms with Gasteiger partial charge in [0.15, 0.2) is 0 Å². The summed E-state index contributed by atoms with van der Waals surface area (Å²) in [6.45, 7) is 1.08. The summed E-state index contributed by atoms with van der Waals surface area (Å²) in [5.41, 5.74) is 0.849. The van der Waals surface area contributed by atoms with Gasteiger partial charge in [-0.15, -0.1) is 11.3 Å². The van der Waals surface area contributed by atoms with E-state index in [2.05, 4.69) is 26.2 Å². The van der Waals surface area contributed by atoms with Gasteiger partial charge in [-0.3, -0.25) is 0 Å². The summed E-state index contributed by atoms with van der Waals surface area (Å²) in [6.07, 6.45) is 0. The highest BCUT2D eigenvalue weighted by Gasteiger charge is 2.06. The Kier molecular flexibility index (Phi) is 4.68. The number of benzene rings is 1. The zero-order valence-corrected chi connectivity index (χ0v) is 12.1. The Morgan fingerprint density at radius 2 is 2.33 bits per heavy atom. The Morgan fingerprint density at radius 3 is 3.11 bits per heavy atom. The molecule has 0 saturated heterocycles. The van der Waals surface area contributed by atoms with Crippen molar-refractivity contribution in [2.24, 2.45) is 0 Å². The Morgan fingerprint density at radius 1 is 1.50 bits per heavy atom. The molecule has 0 amide bonds. The van der Waals surface area contributed by atoms with Crippen molar-refractivity contribution < 1.29 is 9.13 Å². The summed E-state index contributed by atoms with van der Waals surface area (Å²) in [7, 11) is 1.88. The van der Waals surface area contributed by atoms with Crippen LogP contribution in [0.2, 0.25) is 0 Å². The highest BCUT2D eigenvalue weighted by molar-refractivity contribution is 9.10. The first-order chi connectivity index (χ1) is 8.69. The molecule has 0 spiro atoms. The molecule has 2 rings (SSSR count). The number of ether oxygens (including phenoxy) is 1. The lowest BCUT2D eigenvalue weighted by Gasteiger charge is -2.06. The predicted octanol–water partition coefficient (Wildman–Crippen LogP) is 3.34. The van der Waals surface area contributed by atoms with Crippen LogP contribution in [0.25, 0.3) is 0 Å². The van der Waals surface area contributed by atoms with Crippen molar-refractivity contribution in [1.82, 2.24) is 10.3 Å². The van der Waals surface area contributed by atoms with Gasteiger partial charge < -0.3 is 10.1 Å². The van der Waals surface area contributed by atoms with Crippen LogP contribution in [0.1, 0.15) is 10.7 Å². The Labute approximate surface area is 117 Å². The standard InChI is InChI=1S/C12H12BrFN2OS/c1-15-5-12-16-9(7-18-12)6-17-11-4-8(14)2-3-10(11)13/h2-4,7,15H,5-6H2,1H3. The van der Waals surface area contributed by atoms with E-state index in [1.54, 1.807) is 17.4 Å². The summed E-state index contributed by atoms with van der Waals surface area (Å²) in [5, 5.41) is 5.99. The fourth-order valence-corrected chi connectivity index (χ4v) is 2.54. The van der Waals surface area contributed by atoms with Gasteiger partial charge in [0.05, 0.1) is 10.2 Å². The van der Waals surface area contributed by atoms with Crippen LogP contribution in [-0.4, -0.2) is 12.0 Å². The van der Waals surface area contributed by atoms with E-state index in [1.165, 1.54) is 12.1 Å². The third-order valence-corrected chi connectivity index (χ3v) is 3.75. The molecule has 18 heavy (non-hydrogen) atoms. The van der Waals surface area contributed by atoms with Gasteiger partial charge in [0, 0.05) is 18.0 Å². The van der Waals surface area contributed by atoms with E-state index in [1.807, 2.05) is 12.4 Å². The van der Waals surface area contributed by atoms with Gasteiger partial charge in [-0.2, -0.15) is 0 Å². The molecular weight excluding hydrogens is 319 g/mol. The van der Waals surface area contributed by atoms with Crippen molar-refractivity contribution in [1.29, 1.82) is 0 Å². The smallest absolute Gasteiger partial charge is 0.136 e. The minimum Gasteiger partial charge on any atom is -0.486 e. The number of rotatable bonds is 5. The summed E-state index contributed by atoms with van der Waals surface area (Å²) < 4.78 is 19.3. The molecule has 0 radical (unpaired) electrons. The van der Waals surface area contributed by atoms with Gasteiger partial charge in [0.25, 0.3) is 0 Å². The number of aromatic nitrogens is 1. The van der Waals surface area contributed by atoms with E-state index in [0.717, 1.165) is 21.7 Å². The number of nitrogens with one attached hydrogen (secondary N) is 1. The van der Waals surface area contributed by atoms with Crippen molar-refractivity contribution in [3.05, 3.63) is 44.6 Å². The first-order valence-corrected chi connectivity index (χ1v) is 7.02. The monoisotopic (exact) mass is 330 g/mol. The fraction of sp³-hybridized carbons (Fsp3) is 0.250. The first kappa shape index (κ1) is 13.5. The molecule has 0 fully saturated rings. The Balaban J connectivity index is 1.99. The van der Waals surface area contributed by atoms with Crippen LogP contribution >= 0.6 is 27.3 Å². The van der Waals surface area contributed by atoms with Crippen molar-refractivity contribution >= 4 is 27.3 Å². The first-order valence-electron chi connectivity index (χ1n) is 5.35. The Hall–Kier alpha value is -0.980. The van der Waals surface area contributed by atoms with Gasteiger partial charge in [-0.1, -0.05) is 0 Å². The third-order valence-electron chi connectivity index (χ3n) is 2.20. The largest absolute Gasteiger partial charge is 0.486 e. The van der Waals surface area contributed by atoms with Crippen LogP contribution in [0, 0.1) is 5.82 Å². The van der Waals surface area contributed by atoms with E-state index >= 15 is 0 Å². The minimum atomic E-state index is -0.317. The molecule has 0 aliphatic rings. The number of nitrogens with zero attached hydrogens (tertiary/aromatic N) is 1. The number of thiazole rings is 1. The lowest BCUT2D eigenvalue weighted by molar-refractivity contribution is 0.298. The molecule has 1 aromatic carbocycles. The van der Waals surface area contributed by atoms with Crippen LogP contribution < -0.4 is 10.1 Å². The van der Waals surface area contributed by atoms with Gasteiger partial charge in [-0.25, -0.2) is 9.37 Å². The van der Waals surface area contributed by atoms with Gasteiger partial charge in [0.1, 0.15) is 23.2 Å². The van der Waals surface area contributed by atoms with Crippen molar-refractivity contribution in [2.75, 3.05) is 7.05 Å². The molecule has 96 valence electrons. The molecule has 1 aromatic heterocycles. The van der Waals surface area contributed by atoms with Gasteiger partial charge in [0.2, 0.25) is 0 Å². The van der Waals surface area contributed by atoms with E-state index in [-0.39, 0.29) is 5.82 Å². The maximum Gasteiger partial charge on any atom is 0.136 e. The average molecular weight is 331 g/mol. The number of hydrogen-bond acceptors (Lipinski definition) is 4. The Bertz CT molecular complexity index is 533. The molecule has 0 bridgehead atoms. The van der Waals surface area contributed by atoms with Crippen LogP contribution in [-0.2, 0) is 13.2 Å². The highest BCUT2D eigenvalue weighted by atomic mass is 79.9. The second-order valence-corrected chi connectivity index (χ2v) is 5.42. The lowest BCUT2D eigenvalue weighted by atomic mass is 10.3. The zero-order valence-electron chi connectivity index (χ0n) is 9.74. The maximum atomic E-state index is 13.1. The molecular formula is C12H12BrFN2OS. The quantitative estimate of drug-likeness (QED) is 0.912. The molecule has 0 aliphatic heterocycles. The lowest BCUT2D eigenvalue weighted by Crippen LogP contribution is -2.05. The van der Waals surface area contributed by atoms with Crippen molar-refractivity contribution in [3.63, 3.8) is 0 Å². The summed E-state index contributed by atoms with van der Waals surface area (Å²) in [5.74, 6) is 0.167. The van der Waals surface area contributed by atoms with Crippen LogP contribution in [0.3, 0.4) is 0 Å². The molecule has 1 heterocycles. The van der Waals surface area contributed by atoms with E-state index in [9.17, 15) is 4.39 Å². The maximum absolute atomic E-state index is 13.1. The third kappa shape index (κ3) is 3.51. The van der Waals surface area contributed by atoms with Crippen molar-refractivity contribution in [3.8, 4) is 5.75 Å². The van der Waals surface area contributed by atoms with Gasteiger partial charge in [-0.05, 0) is 35.1 Å². The molecule has 0 unspecified atom stereocenters. The van der Waals surface area contributed by atoms with Crippen LogP contribution in [0.15, 0.2) is 28.1 Å². The molecule has 0 atom stereocenters. The second kappa shape index (κ2) is 6.26. The average Bonchev–Trinajstić information content (AvgIpc) is 2.79. The molecule has 0 aliphatic carbocycles. The fourth-order valence-electron chi connectivity index (χ4n) is 1.39. The predicted molar refractivity (Wildman–Crippen MR) is 73.3 cm³/mol. The molecule has 3 nitrogen and oxygen atoms in total. The zero-order chi connectivity index (χ0) is 13.0. The van der Waals surface area contributed by atoms with Crippen LogP contribution in [0.5, 0.6) is 5.75 Å². The summed E-state index contributed by atoms with van der Waals surface area (Å²) >= 11 is 4.89. The van der Waals surface area contributed by atoms with E-state index < -0.39 is 0 Å². The van der Waals surface area contributed by atoms with E-state index in [0.29, 0.717) is 12.4 Å². The van der Waals surface area contributed by atoms with Gasteiger partial charge >= 0.3 is 0 Å². The molecule has 1 N–H and O–H groups in total. The van der Waals surface area contributed by atoms with E-state index in [4.69, 9.17) is 4.74 Å².